The summed E-state index contributed by atoms with van der Waals surface area (Å²) >= 11 is 0. The molecule has 0 unspecified atom stereocenters. The number of carbonyl (C=O) groups excluding carboxylic acids is 9. The molecule has 31 nitrogen and oxygen atoms in total. The maximum absolute atomic E-state index is 14.4. The van der Waals surface area contributed by atoms with Crippen molar-refractivity contribution >= 4 is 64.8 Å². The lowest BCUT2D eigenvalue weighted by molar-refractivity contribution is -0.137. The van der Waals surface area contributed by atoms with E-state index in [1.807, 2.05) is 0 Å². The minimum atomic E-state index is -1.63. The number of aromatic nitrogens is 2. The van der Waals surface area contributed by atoms with E-state index in [1.165, 1.54) is 17.4 Å². The number of imidazole rings is 1. The molecule has 1 aliphatic rings. The molecule has 1 fully saturated rings. The summed E-state index contributed by atoms with van der Waals surface area (Å²) in [5.41, 5.74) is 44.9. The number of nitrogens with zero attached hydrogens (tertiary/aromatic N) is 4. The molecular formula is C48H88N20O11. The summed E-state index contributed by atoms with van der Waals surface area (Å²) in [5, 5.41) is 38.4. The van der Waals surface area contributed by atoms with Gasteiger partial charge in [0.25, 0.3) is 11.8 Å². The van der Waals surface area contributed by atoms with Crippen LogP contribution in [-0.4, -0.2) is 204 Å². The van der Waals surface area contributed by atoms with Crippen LogP contribution >= 0.6 is 0 Å². The predicted molar refractivity (Wildman–Crippen MR) is 292 cm³/mol. The van der Waals surface area contributed by atoms with E-state index in [0.29, 0.717) is 70.3 Å². The lowest BCUT2D eigenvalue weighted by Gasteiger charge is -2.28. The van der Waals surface area contributed by atoms with Gasteiger partial charge in [0.2, 0.25) is 41.4 Å². The first-order valence-electron chi connectivity index (χ1n) is 26.9. The van der Waals surface area contributed by atoms with Crippen molar-refractivity contribution in [3.8, 4) is 0 Å². The SMILES string of the molecule is NCCCCNC(=O)[C@H](CCCCN)NC(=O)[C@H](CCCN=C(N)N)NC(=O)[C@H](CCCCN)NC(=O)[C@H](Cc1cnc[nH]1)NC(=O)[C@@H]1CCCN1C(=O)C(CCCN)=NC(=O)CNC(=O)[C@@H](NC(=O)C[C@@H](O)CN)[C@@H](O)CN. The molecule has 446 valence electrons. The van der Waals surface area contributed by atoms with Crippen molar-refractivity contribution in [2.24, 2.45) is 55.9 Å². The number of aliphatic hydroxyl groups is 2. The van der Waals surface area contributed by atoms with Crippen molar-refractivity contribution in [1.29, 1.82) is 0 Å². The average molecular weight is 1120 g/mol. The Kier molecular flexibility index (Phi) is 33.5. The highest BCUT2D eigenvalue weighted by Crippen LogP contribution is 2.20. The summed E-state index contributed by atoms with van der Waals surface area (Å²) < 4.78 is 0. The van der Waals surface area contributed by atoms with Gasteiger partial charge in [-0.3, -0.25) is 48.1 Å². The van der Waals surface area contributed by atoms with Crippen LogP contribution in [0.25, 0.3) is 0 Å². The van der Waals surface area contributed by atoms with Gasteiger partial charge in [-0.25, -0.2) is 9.98 Å². The summed E-state index contributed by atoms with van der Waals surface area (Å²) in [6.07, 6.45) is 3.73. The molecule has 26 N–H and O–H groups in total. The summed E-state index contributed by atoms with van der Waals surface area (Å²) in [6, 6.07) is -7.66. The predicted octanol–water partition coefficient (Wildman–Crippen LogP) is -7.61. The number of aromatic amines is 1. The monoisotopic (exact) mass is 1120 g/mol. The third-order valence-corrected chi connectivity index (χ3v) is 12.6. The molecule has 1 saturated heterocycles. The highest BCUT2D eigenvalue weighted by atomic mass is 16.3. The van der Waals surface area contributed by atoms with E-state index < -0.39 is 121 Å². The Labute approximate surface area is 459 Å². The zero-order valence-electron chi connectivity index (χ0n) is 45.1. The highest BCUT2D eigenvalue weighted by molar-refractivity contribution is 6.40. The van der Waals surface area contributed by atoms with Crippen molar-refractivity contribution in [3.05, 3.63) is 18.2 Å². The highest BCUT2D eigenvalue weighted by Gasteiger charge is 2.39. The fourth-order valence-corrected chi connectivity index (χ4v) is 8.20. The largest absolute Gasteiger partial charge is 0.391 e. The number of carbonyl (C=O) groups is 9. The van der Waals surface area contributed by atoms with Crippen LogP contribution in [0.1, 0.15) is 102 Å². The smallest absolute Gasteiger partial charge is 0.269 e. The van der Waals surface area contributed by atoms with Gasteiger partial charge in [0, 0.05) is 51.0 Å². The fourth-order valence-electron chi connectivity index (χ4n) is 8.20. The number of likely N-dealkylation sites (tertiary alicyclic amines) is 1. The molecule has 0 spiro atoms. The number of amides is 9. The third-order valence-electron chi connectivity index (χ3n) is 12.6. The summed E-state index contributed by atoms with van der Waals surface area (Å²) in [7, 11) is 0. The Bertz CT molecular complexity index is 2130. The number of rotatable bonds is 40. The molecule has 9 amide bonds. The number of unbranched alkanes of at least 4 members (excludes halogenated alkanes) is 3. The van der Waals surface area contributed by atoms with E-state index in [1.54, 1.807) is 0 Å². The number of H-pyrrole nitrogens is 1. The molecule has 1 aromatic rings. The van der Waals surface area contributed by atoms with Crippen LogP contribution in [0.3, 0.4) is 0 Å². The second-order valence-electron chi connectivity index (χ2n) is 19.0. The van der Waals surface area contributed by atoms with Crippen LogP contribution in [-0.2, 0) is 49.6 Å². The Morgan fingerprint density at radius 1 is 0.684 bits per heavy atom. The van der Waals surface area contributed by atoms with Crippen molar-refractivity contribution in [2.45, 2.75) is 151 Å². The van der Waals surface area contributed by atoms with Crippen LogP contribution < -0.4 is 83.1 Å². The molecule has 31 heteroatoms. The third kappa shape index (κ3) is 26.2. The zero-order chi connectivity index (χ0) is 58.7. The van der Waals surface area contributed by atoms with E-state index in [4.69, 9.17) is 45.9 Å². The van der Waals surface area contributed by atoms with E-state index in [9.17, 15) is 53.4 Å². The summed E-state index contributed by atoms with van der Waals surface area (Å²) in [5.74, 6) is -7.23. The normalized spacial score (nSPS) is 16.0. The number of nitrogens with two attached hydrogens (primary N) is 8. The molecule has 2 heterocycles. The topological polar surface area (TPSA) is 543 Å². The van der Waals surface area contributed by atoms with Crippen LogP contribution in [0.2, 0.25) is 0 Å². The van der Waals surface area contributed by atoms with Gasteiger partial charge >= 0.3 is 0 Å². The first kappa shape index (κ1) is 68.4. The van der Waals surface area contributed by atoms with Crippen molar-refractivity contribution in [2.75, 3.05) is 65.4 Å². The Balaban J connectivity index is 2.41. The Morgan fingerprint density at radius 3 is 1.82 bits per heavy atom. The van der Waals surface area contributed by atoms with Gasteiger partial charge < -0.3 is 103 Å². The van der Waals surface area contributed by atoms with Gasteiger partial charge in [0.15, 0.2) is 5.96 Å². The summed E-state index contributed by atoms with van der Waals surface area (Å²) in [4.78, 5) is 139. The first-order valence-corrected chi connectivity index (χ1v) is 26.9. The van der Waals surface area contributed by atoms with Crippen LogP contribution in [0.5, 0.6) is 0 Å². The standard InChI is InChI=1S/C48H88N20O11/c49-15-3-1-10-31(41(73)58-19-6-5-17-51)63-43(75)33(13-8-20-59-48(55)56)64-42(74)32(11-2-4-16-50)65-44(76)35(22-29-26-57-28-61-29)66-45(77)36-14-9-21-68(36)47(79)34(12-7-18-52)62-39(72)27-60-46(78)40(37(70)25-54)67-38(71)23-30(69)24-53/h26,28,30-33,35-37,40,69-70H,1-25,27,49-54H2,(H,57,61)(H,58,73)(H,60,78)(H,63,75)(H,64,74)(H,65,76)(H,66,77)(H,67,71)(H4,55,56,59)/t30-,31+,32+,33+,35+,36+,37+,40+/m1/s1. The molecular weight excluding hydrogens is 1030 g/mol. The molecule has 2 rings (SSSR count). The molecule has 0 bridgehead atoms. The van der Waals surface area contributed by atoms with Gasteiger partial charge in [0.05, 0.1) is 31.5 Å². The van der Waals surface area contributed by atoms with Gasteiger partial charge in [-0.1, -0.05) is 0 Å². The maximum atomic E-state index is 14.4. The second-order valence-corrected chi connectivity index (χ2v) is 19.0. The van der Waals surface area contributed by atoms with Crippen LogP contribution in [0.15, 0.2) is 22.5 Å². The lowest BCUT2D eigenvalue weighted by Crippen LogP contribution is -2.59. The minimum absolute atomic E-state index is 0.0226. The quantitative estimate of drug-likeness (QED) is 0.0165. The number of aliphatic hydroxyl groups excluding tert-OH is 2. The second kappa shape index (κ2) is 38.8. The van der Waals surface area contributed by atoms with Crippen LogP contribution in [0, 0.1) is 0 Å². The van der Waals surface area contributed by atoms with Crippen molar-refractivity contribution in [3.63, 3.8) is 0 Å². The molecule has 1 aromatic heterocycles. The average Bonchev–Trinajstić information content (AvgIpc) is 4.16. The molecule has 0 aliphatic carbocycles. The van der Waals surface area contributed by atoms with Crippen molar-refractivity contribution < 1.29 is 53.4 Å². The Hall–Kier alpha value is -6.74. The first-order chi connectivity index (χ1) is 37.8. The molecule has 0 saturated carbocycles. The van der Waals surface area contributed by atoms with E-state index in [-0.39, 0.29) is 95.8 Å². The molecule has 79 heavy (non-hydrogen) atoms. The Morgan fingerprint density at radius 2 is 1.27 bits per heavy atom. The number of hydrogen-bond donors (Lipinski definition) is 18. The fraction of sp³-hybridized carbons (Fsp3) is 0.708. The zero-order valence-corrected chi connectivity index (χ0v) is 45.1. The van der Waals surface area contributed by atoms with E-state index in [2.05, 4.69) is 57.2 Å². The number of nitrogens with one attached hydrogen (secondary N) is 8. The maximum Gasteiger partial charge on any atom is 0.269 e. The molecule has 0 radical (unpaired) electrons. The van der Waals surface area contributed by atoms with Gasteiger partial charge in [-0.15, -0.1) is 0 Å². The van der Waals surface area contributed by atoms with E-state index in [0.717, 1.165) is 0 Å². The van der Waals surface area contributed by atoms with Gasteiger partial charge in [0.1, 0.15) is 42.0 Å². The van der Waals surface area contributed by atoms with Gasteiger partial charge in [-0.2, -0.15) is 0 Å². The summed E-state index contributed by atoms with van der Waals surface area (Å²) in [6.45, 7) is 0.166. The lowest BCUT2D eigenvalue weighted by atomic mass is 10.0. The molecule has 1 aliphatic heterocycles. The van der Waals surface area contributed by atoms with Crippen LogP contribution in [0.4, 0.5) is 0 Å². The minimum Gasteiger partial charge on any atom is -0.391 e. The number of aliphatic imine (C=N–C) groups is 2. The van der Waals surface area contributed by atoms with Gasteiger partial charge in [-0.05, 0) is 116 Å². The molecule has 0 aromatic carbocycles. The van der Waals surface area contributed by atoms with E-state index >= 15 is 0 Å². The van der Waals surface area contributed by atoms with Crippen molar-refractivity contribution in [1.82, 2.24) is 52.1 Å². The number of hydrogen-bond acceptors (Lipinski definition) is 19. The number of guanidine groups is 1. The molecule has 8 atom stereocenters.